The molecule has 0 bridgehead atoms. The number of aryl methyl sites for hydroxylation is 1. The molecule has 0 aliphatic carbocycles. The number of carbonyl (C=O) groups is 3. The molecule has 0 aliphatic heterocycles. The van der Waals surface area contributed by atoms with Crippen LogP contribution in [-0.4, -0.2) is 28.0 Å². The number of hydrogen-bond acceptors (Lipinski definition) is 4. The monoisotopic (exact) mass is 293 g/mol. The first-order valence-corrected chi connectivity index (χ1v) is 6.43. The summed E-state index contributed by atoms with van der Waals surface area (Å²) in [5.74, 6) is -1.73. The van der Waals surface area contributed by atoms with Crippen LogP contribution in [0.5, 0.6) is 0 Å². The van der Waals surface area contributed by atoms with Crippen molar-refractivity contribution in [1.29, 1.82) is 0 Å². The van der Waals surface area contributed by atoms with E-state index in [1.807, 2.05) is 19.1 Å². The normalized spacial score (nSPS) is 10.8. The lowest BCUT2D eigenvalue weighted by molar-refractivity contribution is -0.149. The first kappa shape index (κ1) is 16.6. The van der Waals surface area contributed by atoms with Crippen LogP contribution >= 0.6 is 0 Å². The summed E-state index contributed by atoms with van der Waals surface area (Å²) < 4.78 is 0. The molecule has 0 fully saturated rings. The second-order valence-corrected chi connectivity index (χ2v) is 5.40. The molecule has 0 atom stereocenters. The Labute approximate surface area is 122 Å². The van der Waals surface area contributed by atoms with Gasteiger partial charge in [-0.25, -0.2) is 4.79 Å². The molecule has 114 valence electrons. The highest BCUT2D eigenvalue weighted by Crippen LogP contribution is 2.19. The molecule has 0 aromatic carbocycles. The summed E-state index contributed by atoms with van der Waals surface area (Å²) in [5, 5.41) is 13.5. The maximum absolute atomic E-state index is 11.6. The van der Waals surface area contributed by atoms with Gasteiger partial charge in [0.2, 0.25) is 5.91 Å². The topological polar surface area (TPSA) is 108 Å². The Balaban J connectivity index is 2.41. The third-order valence-corrected chi connectivity index (χ3v) is 2.86. The molecule has 0 saturated carbocycles. The van der Waals surface area contributed by atoms with Crippen LogP contribution in [0.1, 0.15) is 31.5 Å². The van der Waals surface area contributed by atoms with Gasteiger partial charge in [0.1, 0.15) is 0 Å². The number of carboxylic acids is 1. The summed E-state index contributed by atoms with van der Waals surface area (Å²) in [7, 11) is 0. The van der Waals surface area contributed by atoms with Gasteiger partial charge in [-0.05, 0) is 32.4 Å². The highest BCUT2D eigenvalue weighted by molar-refractivity contribution is 5.96. The van der Waals surface area contributed by atoms with E-state index in [-0.39, 0.29) is 13.0 Å². The molecule has 0 radical (unpaired) electrons. The highest BCUT2D eigenvalue weighted by atomic mass is 16.4. The Bertz CT molecular complexity index is 538. The van der Waals surface area contributed by atoms with Crippen LogP contribution in [0.4, 0.5) is 4.79 Å². The number of aromatic nitrogens is 1. The summed E-state index contributed by atoms with van der Waals surface area (Å²) >= 11 is 0. The van der Waals surface area contributed by atoms with Crippen LogP contribution in [-0.2, 0) is 16.1 Å². The van der Waals surface area contributed by atoms with Crippen LogP contribution in [0.2, 0.25) is 0 Å². The molecule has 7 nitrogen and oxygen atoms in total. The van der Waals surface area contributed by atoms with E-state index in [2.05, 4.69) is 15.6 Å². The zero-order valence-corrected chi connectivity index (χ0v) is 12.3. The number of nitrogens with one attached hydrogen (secondary N) is 2. The second kappa shape index (κ2) is 6.83. The van der Waals surface area contributed by atoms with Gasteiger partial charge in [0.25, 0.3) is 0 Å². The molecule has 0 spiro atoms. The lowest BCUT2D eigenvalue weighted by Gasteiger charge is -2.17. The largest absolute Gasteiger partial charge is 0.481 e. The summed E-state index contributed by atoms with van der Waals surface area (Å²) in [6.45, 7) is 4.93. The van der Waals surface area contributed by atoms with E-state index >= 15 is 0 Å². The average molecular weight is 293 g/mol. The van der Waals surface area contributed by atoms with Crippen molar-refractivity contribution in [3.05, 3.63) is 29.6 Å². The fourth-order valence-corrected chi connectivity index (χ4v) is 1.48. The Morgan fingerprint density at radius 2 is 1.95 bits per heavy atom. The number of hydrogen-bond donors (Lipinski definition) is 3. The molecule has 1 rings (SSSR count). The molecule has 3 amide bonds. The van der Waals surface area contributed by atoms with Gasteiger partial charge in [-0.2, -0.15) is 0 Å². The standard InChI is InChI=1S/C14H19N3O4/c1-9-4-5-10(7-15-9)8-16-13(21)17-11(18)6-14(2,3)12(19)20/h4-5,7H,6,8H2,1-3H3,(H,19,20)(H2,16,17,18,21). The van der Waals surface area contributed by atoms with Crippen LogP contribution in [0.15, 0.2) is 18.3 Å². The fraction of sp³-hybridized carbons (Fsp3) is 0.429. The summed E-state index contributed by atoms with van der Waals surface area (Å²) in [5.41, 5.74) is 0.453. The number of imide groups is 1. The number of rotatable bonds is 5. The minimum atomic E-state index is -1.22. The van der Waals surface area contributed by atoms with E-state index in [1.54, 1.807) is 6.20 Å². The van der Waals surface area contributed by atoms with Crippen molar-refractivity contribution in [2.75, 3.05) is 0 Å². The summed E-state index contributed by atoms with van der Waals surface area (Å²) in [6, 6.07) is 2.97. The number of pyridine rings is 1. The molecule has 7 heteroatoms. The van der Waals surface area contributed by atoms with Gasteiger partial charge in [-0.15, -0.1) is 0 Å². The molecule has 1 aromatic heterocycles. The predicted octanol–water partition coefficient (Wildman–Crippen LogP) is 1.22. The van der Waals surface area contributed by atoms with Gasteiger partial charge in [-0.1, -0.05) is 6.07 Å². The van der Waals surface area contributed by atoms with Gasteiger partial charge in [-0.3, -0.25) is 19.9 Å². The maximum atomic E-state index is 11.6. The first-order valence-electron chi connectivity index (χ1n) is 6.43. The van der Waals surface area contributed by atoms with Gasteiger partial charge >= 0.3 is 12.0 Å². The van der Waals surface area contributed by atoms with Crippen molar-refractivity contribution in [3.63, 3.8) is 0 Å². The fourth-order valence-electron chi connectivity index (χ4n) is 1.48. The van der Waals surface area contributed by atoms with Gasteiger partial charge in [0.15, 0.2) is 0 Å². The Morgan fingerprint density at radius 3 is 2.48 bits per heavy atom. The lowest BCUT2D eigenvalue weighted by atomic mass is 9.89. The molecule has 21 heavy (non-hydrogen) atoms. The van der Waals surface area contributed by atoms with Crippen molar-refractivity contribution in [3.8, 4) is 0 Å². The average Bonchev–Trinajstić information content (AvgIpc) is 2.37. The summed E-state index contributed by atoms with van der Waals surface area (Å²) in [4.78, 5) is 38.1. The van der Waals surface area contributed by atoms with Crippen LogP contribution in [0.3, 0.4) is 0 Å². The first-order chi connectivity index (χ1) is 9.70. The molecule has 1 aromatic rings. The van der Waals surface area contributed by atoms with E-state index < -0.39 is 23.3 Å². The van der Waals surface area contributed by atoms with Crippen LogP contribution in [0.25, 0.3) is 0 Å². The van der Waals surface area contributed by atoms with Gasteiger partial charge < -0.3 is 10.4 Å². The van der Waals surface area contributed by atoms with E-state index in [4.69, 9.17) is 5.11 Å². The molecule has 0 unspecified atom stereocenters. The van der Waals surface area contributed by atoms with Crippen molar-refractivity contribution in [2.24, 2.45) is 5.41 Å². The van der Waals surface area contributed by atoms with E-state index in [1.165, 1.54) is 13.8 Å². The number of urea groups is 1. The second-order valence-electron chi connectivity index (χ2n) is 5.40. The number of carboxylic acid groups (broad SMARTS) is 1. The van der Waals surface area contributed by atoms with Crippen molar-refractivity contribution >= 4 is 17.9 Å². The Hall–Kier alpha value is -2.44. The van der Waals surface area contributed by atoms with E-state index in [0.717, 1.165) is 11.3 Å². The molecule has 0 saturated heterocycles. The third kappa shape index (κ3) is 5.60. The highest BCUT2D eigenvalue weighted by Gasteiger charge is 2.30. The van der Waals surface area contributed by atoms with E-state index in [9.17, 15) is 14.4 Å². The maximum Gasteiger partial charge on any atom is 0.321 e. The zero-order valence-electron chi connectivity index (χ0n) is 12.3. The van der Waals surface area contributed by atoms with Gasteiger partial charge in [0, 0.05) is 24.9 Å². The molecular formula is C14H19N3O4. The van der Waals surface area contributed by atoms with Crippen molar-refractivity contribution in [2.45, 2.75) is 33.7 Å². The molecule has 3 N–H and O–H groups in total. The molecule has 1 heterocycles. The molecule has 0 aliphatic rings. The van der Waals surface area contributed by atoms with Crippen molar-refractivity contribution in [1.82, 2.24) is 15.6 Å². The summed E-state index contributed by atoms with van der Waals surface area (Å²) in [6.07, 6.45) is 1.35. The van der Waals surface area contributed by atoms with Crippen LogP contribution in [0, 0.1) is 12.3 Å². The minimum Gasteiger partial charge on any atom is -0.481 e. The zero-order chi connectivity index (χ0) is 16.0. The number of amides is 3. The quantitative estimate of drug-likeness (QED) is 0.756. The Morgan fingerprint density at radius 1 is 1.29 bits per heavy atom. The number of aliphatic carboxylic acids is 1. The van der Waals surface area contributed by atoms with E-state index in [0.29, 0.717) is 0 Å². The van der Waals surface area contributed by atoms with Crippen LogP contribution < -0.4 is 10.6 Å². The molecular weight excluding hydrogens is 274 g/mol. The van der Waals surface area contributed by atoms with Gasteiger partial charge in [0.05, 0.1) is 5.41 Å². The lowest BCUT2D eigenvalue weighted by Crippen LogP contribution is -2.41. The smallest absolute Gasteiger partial charge is 0.321 e. The number of carbonyl (C=O) groups excluding carboxylic acids is 2. The minimum absolute atomic E-state index is 0.231. The SMILES string of the molecule is Cc1ccc(CNC(=O)NC(=O)CC(C)(C)C(=O)O)cn1. The predicted molar refractivity (Wildman–Crippen MR) is 75.4 cm³/mol. The Kier molecular flexibility index (Phi) is 5.40. The number of nitrogens with zero attached hydrogens (tertiary/aromatic N) is 1. The van der Waals surface area contributed by atoms with Crippen molar-refractivity contribution < 1.29 is 19.5 Å². The third-order valence-electron chi connectivity index (χ3n) is 2.86.